The molecule has 0 heterocycles. The molecule has 0 bridgehead atoms. The molecule has 0 radical (unpaired) electrons. The number of aliphatic imine (C=N–C) groups is 2. The summed E-state index contributed by atoms with van der Waals surface area (Å²) < 4.78 is 5.09. The Labute approximate surface area is 129 Å². The first-order valence-electron chi connectivity index (χ1n) is 6.91. The summed E-state index contributed by atoms with van der Waals surface area (Å²) in [6, 6.07) is 14.4. The molecule has 0 aliphatic heterocycles. The van der Waals surface area contributed by atoms with Crippen LogP contribution in [0.3, 0.4) is 0 Å². The molecule has 2 aromatic carbocycles. The van der Waals surface area contributed by atoms with Gasteiger partial charge in [0.25, 0.3) is 0 Å². The number of phenolic OH excluding ortho intramolecular Hbond substituents is 1. The van der Waals surface area contributed by atoms with E-state index in [4.69, 9.17) is 9.84 Å². The second-order valence-electron chi connectivity index (χ2n) is 4.44. The Hall–Kier alpha value is -2.66. The van der Waals surface area contributed by atoms with Gasteiger partial charge in [-0.05, 0) is 24.3 Å². The van der Waals surface area contributed by atoms with E-state index in [0.717, 1.165) is 5.56 Å². The molecule has 0 unspecified atom stereocenters. The van der Waals surface area contributed by atoms with Crippen LogP contribution in [0.15, 0.2) is 58.5 Å². The van der Waals surface area contributed by atoms with Crippen molar-refractivity contribution in [3.63, 3.8) is 0 Å². The third-order valence-corrected chi connectivity index (χ3v) is 2.89. The van der Waals surface area contributed by atoms with Crippen LogP contribution in [0, 0.1) is 0 Å². The van der Waals surface area contributed by atoms with E-state index >= 15 is 0 Å². The summed E-state index contributed by atoms with van der Waals surface area (Å²) in [6.45, 7) is 0.682. The normalized spacial score (nSPS) is 11.3. The van der Waals surface area contributed by atoms with Crippen LogP contribution in [0.1, 0.15) is 11.1 Å². The van der Waals surface area contributed by atoms with Gasteiger partial charge in [-0.3, -0.25) is 9.98 Å². The number of hydrogen-bond acceptors (Lipinski definition) is 5. The van der Waals surface area contributed by atoms with Gasteiger partial charge in [0.1, 0.15) is 11.5 Å². The van der Waals surface area contributed by atoms with Crippen molar-refractivity contribution in [2.45, 2.75) is 0 Å². The Morgan fingerprint density at radius 1 is 0.864 bits per heavy atom. The Bertz CT molecular complexity index is 654. The number of ether oxygens (including phenoxy) is 1. The fraction of sp³-hybridized carbons (Fsp3) is 0.176. The zero-order valence-electron chi connectivity index (χ0n) is 12.1. The maximum atomic E-state index is 9.59. The molecule has 0 fully saturated rings. The van der Waals surface area contributed by atoms with Crippen LogP contribution in [-0.4, -0.2) is 42.5 Å². The van der Waals surface area contributed by atoms with Gasteiger partial charge in [-0.25, -0.2) is 0 Å². The summed E-state index contributed by atoms with van der Waals surface area (Å²) in [6.07, 6.45) is 3.33. The maximum absolute atomic E-state index is 9.59. The van der Waals surface area contributed by atoms with Crippen molar-refractivity contribution in [3.8, 4) is 11.5 Å². The van der Waals surface area contributed by atoms with Crippen LogP contribution in [0.2, 0.25) is 0 Å². The van der Waals surface area contributed by atoms with Crippen LogP contribution in [0.25, 0.3) is 0 Å². The van der Waals surface area contributed by atoms with Crippen molar-refractivity contribution in [1.29, 1.82) is 0 Å². The van der Waals surface area contributed by atoms with Gasteiger partial charge in [0.2, 0.25) is 0 Å². The molecule has 5 heteroatoms. The maximum Gasteiger partial charge on any atom is 0.186 e. The van der Waals surface area contributed by atoms with E-state index in [1.807, 2.05) is 24.3 Å². The van der Waals surface area contributed by atoms with Gasteiger partial charge in [-0.15, -0.1) is 0 Å². The highest BCUT2D eigenvalue weighted by molar-refractivity contribution is 5.84. The van der Waals surface area contributed by atoms with E-state index in [-0.39, 0.29) is 12.5 Å². The average Bonchev–Trinajstić information content (AvgIpc) is 2.54. The van der Waals surface area contributed by atoms with E-state index in [1.54, 1.807) is 36.7 Å². The minimum absolute atomic E-state index is 0.213. The molecule has 5 nitrogen and oxygen atoms in total. The van der Waals surface area contributed by atoms with Gasteiger partial charge in [0, 0.05) is 23.6 Å². The van der Waals surface area contributed by atoms with Gasteiger partial charge < -0.3 is 14.9 Å². The van der Waals surface area contributed by atoms with E-state index in [9.17, 15) is 5.11 Å². The number of aliphatic hydroxyl groups is 1. The molecule has 0 aromatic heterocycles. The summed E-state index contributed by atoms with van der Waals surface area (Å²) in [5.41, 5.74) is 1.49. The minimum atomic E-state index is -0.365. The summed E-state index contributed by atoms with van der Waals surface area (Å²) in [5.74, 6) is 0.802. The Morgan fingerprint density at radius 2 is 1.45 bits per heavy atom. The summed E-state index contributed by atoms with van der Waals surface area (Å²) in [5, 5.41) is 18.4. The second-order valence-corrected chi connectivity index (χ2v) is 4.44. The van der Waals surface area contributed by atoms with Gasteiger partial charge in [-0.2, -0.15) is 0 Å². The third-order valence-electron chi connectivity index (χ3n) is 2.89. The fourth-order valence-corrected chi connectivity index (χ4v) is 1.83. The molecule has 114 valence electrons. The molecule has 2 rings (SSSR count). The smallest absolute Gasteiger partial charge is 0.186 e. The molecule has 2 aromatic rings. The van der Waals surface area contributed by atoms with Gasteiger partial charge in [-0.1, -0.05) is 24.3 Å². The highest BCUT2D eigenvalue weighted by Crippen LogP contribution is 2.15. The van der Waals surface area contributed by atoms with E-state index in [0.29, 0.717) is 24.4 Å². The first-order chi connectivity index (χ1) is 10.8. The molecule has 0 amide bonds. The Morgan fingerprint density at radius 3 is 2.14 bits per heavy atom. The number of aliphatic hydroxyl groups excluding tert-OH is 1. The van der Waals surface area contributed by atoms with Crippen LogP contribution in [0.5, 0.6) is 11.5 Å². The Kier molecular flexibility index (Phi) is 6.14. The first-order valence-corrected chi connectivity index (χ1v) is 6.91. The number of rotatable bonds is 7. The van der Waals surface area contributed by atoms with Crippen molar-refractivity contribution in [3.05, 3.63) is 59.7 Å². The van der Waals surface area contributed by atoms with E-state index < -0.39 is 0 Å². The Balaban J connectivity index is 1.85. The second kappa shape index (κ2) is 8.59. The third kappa shape index (κ3) is 4.71. The molecule has 2 N–H and O–H groups in total. The predicted octanol–water partition coefficient (Wildman–Crippen LogP) is 2.26. The lowest BCUT2D eigenvalue weighted by molar-refractivity contribution is 0.0984. The van der Waals surface area contributed by atoms with Gasteiger partial charge in [0.15, 0.2) is 6.79 Å². The van der Waals surface area contributed by atoms with E-state index in [2.05, 4.69) is 9.98 Å². The molecule has 22 heavy (non-hydrogen) atoms. The molecular weight excluding hydrogens is 280 g/mol. The predicted molar refractivity (Wildman–Crippen MR) is 87.2 cm³/mol. The lowest BCUT2D eigenvalue weighted by Gasteiger charge is -2.04. The highest BCUT2D eigenvalue weighted by atomic mass is 16.6. The van der Waals surface area contributed by atoms with Crippen LogP contribution in [0.4, 0.5) is 0 Å². The van der Waals surface area contributed by atoms with Crippen molar-refractivity contribution in [2.24, 2.45) is 9.98 Å². The van der Waals surface area contributed by atoms with Crippen molar-refractivity contribution >= 4 is 12.4 Å². The number of phenols is 1. The number of nitrogens with zero attached hydrogens (tertiary/aromatic N) is 2. The van der Waals surface area contributed by atoms with E-state index in [1.165, 1.54) is 0 Å². The molecule has 0 atom stereocenters. The highest BCUT2D eigenvalue weighted by Gasteiger charge is 1.98. The van der Waals surface area contributed by atoms with Gasteiger partial charge in [0.05, 0.1) is 13.1 Å². The van der Waals surface area contributed by atoms with Crippen molar-refractivity contribution in [1.82, 2.24) is 0 Å². The standard InChI is InChI=1S/C17H18N2O3/c20-13-22-17-8-4-2-6-15(17)12-19-10-9-18-11-14-5-1-3-7-16(14)21/h1-8,11-12,20-21H,9-10,13H2. The zero-order valence-corrected chi connectivity index (χ0v) is 12.1. The molecular formula is C17H18N2O3. The zero-order chi connectivity index (χ0) is 15.6. The monoisotopic (exact) mass is 298 g/mol. The number of para-hydroxylation sites is 2. The number of hydrogen-bond donors (Lipinski definition) is 2. The molecule has 0 aliphatic rings. The number of benzene rings is 2. The van der Waals surface area contributed by atoms with Crippen LogP contribution >= 0.6 is 0 Å². The topological polar surface area (TPSA) is 74.4 Å². The molecule has 0 saturated carbocycles. The van der Waals surface area contributed by atoms with Crippen LogP contribution < -0.4 is 4.74 Å². The molecule has 0 aliphatic carbocycles. The first kappa shape index (κ1) is 15.7. The fourth-order valence-electron chi connectivity index (χ4n) is 1.83. The van der Waals surface area contributed by atoms with Crippen LogP contribution in [-0.2, 0) is 0 Å². The summed E-state index contributed by atoms with van der Waals surface area (Å²) in [7, 11) is 0. The average molecular weight is 298 g/mol. The summed E-state index contributed by atoms with van der Waals surface area (Å²) in [4.78, 5) is 8.50. The SMILES string of the molecule is OCOc1ccccc1C=NCCN=Cc1ccccc1O. The minimum Gasteiger partial charge on any atom is -0.507 e. The molecule has 0 spiro atoms. The lowest BCUT2D eigenvalue weighted by Crippen LogP contribution is -1.98. The van der Waals surface area contributed by atoms with Crippen molar-refractivity contribution < 1.29 is 14.9 Å². The lowest BCUT2D eigenvalue weighted by atomic mass is 10.2. The summed E-state index contributed by atoms with van der Waals surface area (Å²) >= 11 is 0. The van der Waals surface area contributed by atoms with Crippen molar-refractivity contribution in [2.75, 3.05) is 19.9 Å². The number of aromatic hydroxyl groups is 1. The van der Waals surface area contributed by atoms with Gasteiger partial charge >= 0.3 is 0 Å². The largest absolute Gasteiger partial charge is 0.507 e. The molecule has 0 saturated heterocycles. The quantitative estimate of drug-likeness (QED) is 0.468.